The first-order valence-electron chi connectivity index (χ1n) is 9.19. The molecule has 8 heteroatoms. The summed E-state index contributed by atoms with van der Waals surface area (Å²) in [6.07, 6.45) is 4.18. The first-order chi connectivity index (χ1) is 13.6. The number of benzene rings is 1. The smallest absolute Gasteiger partial charge is 0.387 e. The van der Waals surface area contributed by atoms with E-state index in [9.17, 15) is 8.78 Å². The van der Waals surface area contributed by atoms with E-state index in [1.807, 2.05) is 12.1 Å². The fourth-order valence-electron chi connectivity index (χ4n) is 2.57. The topological polar surface area (TPSA) is 67.8 Å². The van der Waals surface area contributed by atoms with Crippen molar-refractivity contribution in [3.8, 4) is 11.6 Å². The number of guanidine groups is 1. The van der Waals surface area contributed by atoms with Crippen molar-refractivity contribution in [2.45, 2.75) is 32.5 Å². The van der Waals surface area contributed by atoms with Gasteiger partial charge in [0.05, 0.1) is 6.61 Å². The second-order valence-corrected chi connectivity index (χ2v) is 6.52. The third kappa shape index (κ3) is 6.37. The third-order valence-corrected chi connectivity index (χ3v) is 4.28. The predicted molar refractivity (Wildman–Crippen MR) is 103 cm³/mol. The molecular weight excluding hydrogens is 366 g/mol. The van der Waals surface area contributed by atoms with Crippen molar-refractivity contribution in [1.29, 1.82) is 0 Å². The molecule has 28 heavy (non-hydrogen) atoms. The number of ether oxygens (including phenoxy) is 2. The van der Waals surface area contributed by atoms with Crippen molar-refractivity contribution in [3.63, 3.8) is 0 Å². The SMILES string of the molecule is CN=C(NCc1ccnc(OCC2CC2)c1)NCc1ccccc1OC(F)F. The minimum atomic E-state index is -2.86. The Morgan fingerprint density at radius 3 is 2.75 bits per heavy atom. The van der Waals surface area contributed by atoms with E-state index in [4.69, 9.17) is 4.74 Å². The first-order valence-corrected chi connectivity index (χ1v) is 9.19. The highest BCUT2D eigenvalue weighted by molar-refractivity contribution is 5.79. The molecule has 1 fully saturated rings. The van der Waals surface area contributed by atoms with Crippen LogP contribution in [0.15, 0.2) is 47.6 Å². The van der Waals surface area contributed by atoms with Crippen LogP contribution < -0.4 is 20.1 Å². The van der Waals surface area contributed by atoms with Crippen molar-refractivity contribution in [1.82, 2.24) is 15.6 Å². The lowest BCUT2D eigenvalue weighted by molar-refractivity contribution is -0.0504. The van der Waals surface area contributed by atoms with Crippen molar-refractivity contribution >= 4 is 5.96 Å². The number of nitrogens with one attached hydrogen (secondary N) is 2. The molecular formula is C20H24F2N4O2. The van der Waals surface area contributed by atoms with Crippen LogP contribution in [0.1, 0.15) is 24.0 Å². The third-order valence-electron chi connectivity index (χ3n) is 4.28. The zero-order chi connectivity index (χ0) is 19.8. The molecule has 3 rings (SSSR count). The fourth-order valence-corrected chi connectivity index (χ4v) is 2.57. The summed E-state index contributed by atoms with van der Waals surface area (Å²) >= 11 is 0. The summed E-state index contributed by atoms with van der Waals surface area (Å²) in [5, 5.41) is 6.29. The molecule has 1 aromatic carbocycles. The molecule has 1 saturated carbocycles. The van der Waals surface area contributed by atoms with Crippen LogP contribution >= 0.6 is 0 Å². The lowest BCUT2D eigenvalue weighted by Gasteiger charge is -2.14. The zero-order valence-corrected chi connectivity index (χ0v) is 15.7. The van der Waals surface area contributed by atoms with Gasteiger partial charge in [0.25, 0.3) is 0 Å². The largest absolute Gasteiger partial charge is 0.477 e. The molecule has 0 amide bonds. The molecule has 1 aromatic heterocycles. The Bertz CT molecular complexity index is 797. The molecule has 2 N–H and O–H groups in total. The van der Waals surface area contributed by atoms with Crippen LogP contribution in [0.4, 0.5) is 8.78 Å². The van der Waals surface area contributed by atoms with Crippen LogP contribution in [-0.2, 0) is 13.1 Å². The van der Waals surface area contributed by atoms with Crippen molar-refractivity contribution < 1.29 is 18.3 Å². The summed E-state index contributed by atoms with van der Waals surface area (Å²) in [7, 11) is 1.65. The molecule has 0 unspecified atom stereocenters. The van der Waals surface area contributed by atoms with Gasteiger partial charge >= 0.3 is 6.61 Å². The number of para-hydroxylation sites is 1. The van der Waals surface area contributed by atoms with E-state index in [-0.39, 0.29) is 5.75 Å². The minimum absolute atomic E-state index is 0.145. The average Bonchev–Trinajstić information content (AvgIpc) is 3.52. The first kappa shape index (κ1) is 19.9. The molecule has 1 aliphatic carbocycles. The van der Waals surface area contributed by atoms with Gasteiger partial charge in [-0.2, -0.15) is 8.78 Å². The Morgan fingerprint density at radius 1 is 1.21 bits per heavy atom. The molecule has 0 spiro atoms. The quantitative estimate of drug-likeness (QED) is 0.508. The monoisotopic (exact) mass is 390 g/mol. The highest BCUT2D eigenvalue weighted by Crippen LogP contribution is 2.29. The molecule has 1 aliphatic rings. The van der Waals surface area contributed by atoms with Gasteiger partial charge in [0.15, 0.2) is 5.96 Å². The maximum Gasteiger partial charge on any atom is 0.387 e. The van der Waals surface area contributed by atoms with Crippen LogP contribution in [0.5, 0.6) is 11.6 Å². The van der Waals surface area contributed by atoms with Crippen molar-refractivity contribution in [2.75, 3.05) is 13.7 Å². The summed E-state index contributed by atoms with van der Waals surface area (Å²) in [5.41, 5.74) is 1.62. The van der Waals surface area contributed by atoms with E-state index in [1.165, 1.54) is 18.9 Å². The number of aliphatic imine (C=N–C) groups is 1. The van der Waals surface area contributed by atoms with Gasteiger partial charge in [0.1, 0.15) is 5.75 Å². The number of nitrogens with zero attached hydrogens (tertiary/aromatic N) is 2. The van der Waals surface area contributed by atoms with E-state index >= 15 is 0 Å². The number of rotatable bonds is 9. The fraction of sp³-hybridized carbons (Fsp3) is 0.400. The number of halogens is 2. The Labute approximate surface area is 163 Å². The molecule has 0 atom stereocenters. The molecule has 0 bridgehead atoms. The van der Waals surface area contributed by atoms with Gasteiger partial charge in [-0.05, 0) is 36.5 Å². The number of hydrogen-bond acceptors (Lipinski definition) is 4. The van der Waals surface area contributed by atoms with Gasteiger partial charge in [-0.25, -0.2) is 4.98 Å². The Morgan fingerprint density at radius 2 is 2.00 bits per heavy atom. The van der Waals surface area contributed by atoms with E-state index in [1.54, 1.807) is 31.4 Å². The molecule has 1 heterocycles. The number of aromatic nitrogens is 1. The minimum Gasteiger partial charge on any atom is -0.477 e. The van der Waals surface area contributed by atoms with E-state index in [0.29, 0.717) is 43.0 Å². The van der Waals surface area contributed by atoms with E-state index in [2.05, 4.69) is 25.3 Å². The number of hydrogen-bond donors (Lipinski definition) is 2. The van der Waals surface area contributed by atoms with Crippen LogP contribution in [0.2, 0.25) is 0 Å². The summed E-state index contributed by atoms with van der Waals surface area (Å²) < 4.78 is 35.3. The summed E-state index contributed by atoms with van der Waals surface area (Å²) in [6.45, 7) is -1.32. The van der Waals surface area contributed by atoms with Gasteiger partial charge < -0.3 is 20.1 Å². The standard InChI is InChI=1S/C20H24F2N4O2/c1-23-20(26-12-16-4-2-3-5-17(16)28-19(21)22)25-11-15-8-9-24-18(10-15)27-13-14-6-7-14/h2-5,8-10,14,19H,6-7,11-13H2,1H3,(H2,23,25,26). The predicted octanol–water partition coefficient (Wildman–Crippen LogP) is 3.34. The van der Waals surface area contributed by atoms with Crippen LogP contribution in [0.3, 0.4) is 0 Å². The van der Waals surface area contributed by atoms with Crippen LogP contribution in [0.25, 0.3) is 0 Å². The highest BCUT2D eigenvalue weighted by Gasteiger charge is 2.22. The second-order valence-electron chi connectivity index (χ2n) is 6.52. The highest BCUT2D eigenvalue weighted by atomic mass is 19.3. The molecule has 6 nitrogen and oxygen atoms in total. The zero-order valence-electron chi connectivity index (χ0n) is 15.7. The molecule has 150 valence electrons. The average molecular weight is 390 g/mol. The van der Waals surface area contributed by atoms with Crippen molar-refractivity contribution in [2.24, 2.45) is 10.9 Å². The van der Waals surface area contributed by atoms with Gasteiger partial charge in [0.2, 0.25) is 5.88 Å². The molecule has 0 saturated heterocycles. The van der Waals surface area contributed by atoms with Gasteiger partial charge in [0, 0.05) is 38.0 Å². The molecule has 0 radical (unpaired) electrons. The Balaban J connectivity index is 1.50. The molecule has 2 aromatic rings. The maximum atomic E-state index is 12.5. The van der Waals surface area contributed by atoms with Crippen LogP contribution in [0, 0.1) is 5.92 Å². The number of alkyl halides is 2. The maximum absolute atomic E-state index is 12.5. The number of pyridine rings is 1. The summed E-state index contributed by atoms with van der Waals surface area (Å²) in [6, 6.07) is 10.5. The summed E-state index contributed by atoms with van der Waals surface area (Å²) in [5.74, 6) is 1.98. The van der Waals surface area contributed by atoms with E-state index < -0.39 is 6.61 Å². The lowest BCUT2D eigenvalue weighted by atomic mass is 10.2. The van der Waals surface area contributed by atoms with Crippen molar-refractivity contribution in [3.05, 3.63) is 53.7 Å². The van der Waals surface area contributed by atoms with Gasteiger partial charge in [-0.15, -0.1) is 0 Å². The Kier molecular flexibility index (Phi) is 7.00. The molecule has 0 aliphatic heterocycles. The second kappa shape index (κ2) is 9.87. The van der Waals surface area contributed by atoms with Gasteiger partial charge in [-0.3, -0.25) is 4.99 Å². The normalized spacial score (nSPS) is 14.1. The van der Waals surface area contributed by atoms with E-state index in [0.717, 1.165) is 5.56 Å². The van der Waals surface area contributed by atoms with Crippen LogP contribution in [-0.4, -0.2) is 31.2 Å². The lowest BCUT2D eigenvalue weighted by Crippen LogP contribution is -2.36. The Hall–Kier alpha value is -2.90. The van der Waals surface area contributed by atoms with Gasteiger partial charge in [-0.1, -0.05) is 18.2 Å². The summed E-state index contributed by atoms with van der Waals surface area (Å²) in [4.78, 5) is 8.38.